The maximum absolute atomic E-state index is 13.3. The van der Waals surface area contributed by atoms with Crippen LogP contribution in [-0.4, -0.2) is 31.9 Å². The average molecular weight is 299 g/mol. The maximum Gasteiger partial charge on any atom is 0.164 e. The highest BCUT2D eigenvalue weighted by atomic mass is 19.1. The monoisotopic (exact) mass is 299 g/mol. The molecule has 2 aromatic rings. The number of aromatic amines is 1. The quantitative estimate of drug-likeness (QED) is 0.845. The molecule has 0 amide bonds. The number of H-pyrrole nitrogens is 1. The summed E-state index contributed by atoms with van der Waals surface area (Å²) in [7, 11) is 0. The largest absolute Gasteiger partial charge is 0.383 e. The highest BCUT2D eigenvalue weighted by Gasteiger charge is 2.05. The van der Waals surface area contributed by atoms with E-state index in [1.54, 1.807) is 6.92 Å². The Hall–Kier alpha value is -3.16. The second-order valence-corrected chi connectivity index (χ2v) is 4.27. The first-order chi connectivity index (χ1) is 10.6. The number of pyridine rings is 1. The Labute approximate surface area is 126 Å². The van der Waals surface area contributed by atoms with Crippen LogP contribution in [0.1, 0.15) is 12.5 Å². The van der Waals surface area contributed by atoms with Gasteiger partial charge in [0, 0.05) is 23.5 Å². The van der Waals surface area contributed by atoms with E-state index in [9.17, 15) is 4.39 Å². The van der Waals surface area contributed by atoms with Crippen molar-refractivity contribution in [1.29, 1.82) is 0 Å². The van der Waals surface area contributed by atoms with Gasteiger partial charge in [-0.2, -0.15) is 5.10 Å². The molecule has 112 valence electrons. The Balaban J connectivity index is 2.68. The molecular formula is C14H14FN7. The van der Waals surface area contributed by atoms with E-state index in [2.05, 4.69) is 36.9 Å². The minimum Gasteiger partial charge on any atom is -0.383 e. The van der Waals surface area contributed by atoms with Crippen LogP contribution in [0.5, 0.6) is 0 Å². The number of nitrogen functional groups attached to an aromatic ring is 1. The number of aliphatic imine (C=N–C) groups is 1. The van der Waals surface area contributed by atoms with Crippen molar-refractivity contribution in [2.45, 2.75) is 6.92 Å². The highest BCUT2D eigenvalue weighted by molar-refractivity contribution is 5.71. The van der Waals surface area contributed by atoms with Crippen molar-refractivity contribution in [2.75, 3.05) is 5.73 Å². The van der Waals surface area contributed by atoms with Gasteiger partial charge in [-0.1, -0.05) is 0 Å². The van der Waals surface area contributed by atoms with Gasteiger partial charge in [-0.15, -0.1) is 0 Å². The van der Waals surface area contributed by atoms with Crippen LogP contribution in [0.2, 0.25) is 0 Å². The van der Waals surface area contributed by atoms with Crippen molar-refractivity contribution in [3.05, 3.63) is 48.6 Å². The fraction of sp³-hybridized carbons (Fsp3) is 0.0714. The molecule has 2 aromatic heterocycles. The van der Waals surface area contributed by atoms with Gasteiger partial charge in [0.25, 0.3) is 0 Å². The summed E-state index contributed by atoms with van der Waals surface area (Å²) in [5.74, 6) is -0.116. The summed E-state index contributed by atoms with van der Waals surface area (Å²) in [4.78, 5) is 15.8. The van der Waals surface area contributed by atoms with Crippen molar-refractivity contribution < 1.29 is 4.39 Å². The van der Waals surface area contributed by atoms with Crippen LogP contribution in [0.15, 0.2) is 42.2 Å². The first kappa shape index (κ1) is 15.2. The summed E-state index contributed by atoms with van der Waals surface area (Å²) in [6, 6.07) is 1.27. The number of hydrogen-bond acceptors (Lipinski definition) is 6. The Morgan fingerprint density at radius 3 is 2.95 bits per heavy atom. The topological polar surface area (TPSA) is 106 Å². The fourth-order valence-electron chi connectivity index (χ4n) is 1.68. The van der Waals surface area contributed by atoms with E-state index >= 15 is 0 Å². The lowest BCUT2D eigenvalue weighted by Crippen LogP contribution is -1.96. The standard InChI is InChI=1S/C14H14FN7/c1-9(4-17-2)12-7-20-21-8-19-14(22-13(12)16)10-3-11(15)6-18-5-10/h3-8H,2,16H2,1H3,(H,19,21,22)/b9-4+,13-12?,20-7?. The third-order valence-corrected chi connectivity index (χ3v) is 2.69. The van der Waals surface area contributed by atoms with E-state index in [-0.39, 0.29) is 11.6 Å². The third-order valence-electron chi connectivity index (χ3n) is 2.69. The fourth-order valence-corrected chi connectivity index (χ4v) is 1.68. The number of allylic oxidation sites excluding steroid dienone is 1. The van der Waals surface area contributed by atoms with E-state index in [4.69, 9.17) is 5.73 Å². The number of aromatic nitrogens is 5. The number of rotatable bonds is 3. The lowest BCUT2D eigenvalue weighted by molar-refractivity contribution is 0.622. The van der Waals surface area contributed by atoms with Crippen molar-refractivity contribution in [2.24, 2.45) is 4.99 Å². The lowest BCUT2D eigenvalue weighted by Gasteiger charge is -2.01. The molecule has 22 heavy (non-hydrogen) atoms. The molecule has 0 aliphatic carbocycles. The smallest absolute Gasteiger partial charge is 0.164 e. The molecular weight excluding hydrogens is 285 g/mol. The van der Waals surface area contributed by atoms with E-state index in [0.29, 0.717) is 11.1 Å². The van der Waals surface area contributed by atoms with Gasteiger partial charge in [0.2, 0.25) is 0 Å². The van der Waals surface area contributed by atoms with Crippen molar-refractivity contribution in [1.82, 2.24) is 25.1 Å². The first-order valence-electron chi connectivity index (χ1n) is 6.25. The normalized spacial score (nSPS) is 10.9. The zero-order valence-corrected chi connectivity index (χ0v) is 11.9. The second kappa shape index (κ2) is 7.02. The predicted octanol–water partition coefficient (Wildman–Crippen LogP) is 2.17. The van der Waals surface area contributed by atoms with Gasteiger partial charge in [0.15, 0.2) is 5.82 Å². The molecule has 0 fully saturated rings. The second-order valence-electron chi connectivity index (χ2n) is 4.27. The molecule has 2 heterocycles. The Morgan fingerprint density at radius 2 is 2.23 bits per heavy atom. The zero-order chi connectivity index (χ0) is 15.9. The number of nitrogens with one attached hydrogen (secondary N) is 1. The summed E-state index contributed by atoms with van der Waals surface area (Å²) < 4.78 is 13.3. The number of halogens is 1. The molecule has 0 saturated heterocycles. The molecule has 0 radical (unpaired) electrons. The first-order valence-corrected chi connectivity index (χ1v) is 6.25. The van der Waals surface area contributed by atoms with Gasteiger partial charge in [0.05, 0.1) is 12.4 Å². The third kappa shape index (κ3) is 3.69. The molecule has 0 aliphatic rings. The van der Waals surface area contributed by atoms with E-state index in [0.717, 1.165) is 11.8 Å². The van der Waals surface area contributed by atoms with Gasteiger partial charge in [0.1, 0.15) is 18.0 Å². The Morgan fingerprint density at radius 1 is 1.41 bits per heavy atom. The van der Waals surface area contributed by atoms with Crippen LogP contribution < -0.4 is 5.73 Å². The summed E-state index contributed by atoms with van der Waals surface area (Å²) >= 11 is 0. The minimum atomic E-state index is -0.491. The van der Waals surface area contributed by atoms with Crippen molar-refractivity contribution >= 4 is 18.1 Å². The molecule has 2 rings (SSSR count). The molecule has 0 saturated carbocycles. The molecule has 8 heteroatoms. The number of anilines is 1. The van der Waals surface area contributed by atoms with Crippen molar-refractivity contribution in [3.63, 3.8) is 0 Å². The molecule has 0 atom stereocenters. The highest BCUT2D eigenvalue weighted by Crippen LogP contribution is 2.19. The van der Waals surface area contributed by atoms with E-state index in [1.807, 2.05) is 0 Å². The van der Waals surface area contributed by atoms with Gasteiger partial charge in [-0.05, 0) is 25.3 Å². The van der Waals surface area contributed by atoms with E-state index in [1.165, 1.54) is 31.0 Å². The summed E-state index contributed by atoms with van der Waals surface area (Å²) in [6.45, 7) is 5.19. The van der Waals surface area contributed by atoms with Crippen LogP contribution in [0.3, 0.4) is 0 Å². The zero-order valence-electron chi connectivity index (χ0n) is 11.9. The number of nitrogens with two attached hydrogens (primary N) is 1. The van der Waals surface area contributed by atoms with Gasteiger partial charge in [-0.25, -0.2) is 14.4 Å². The SMILES string of the molecule is C=N/C=C(\C)c1cn[nH]cnc(-c2cncc(F)c2)nc1N. The van der Waals surface area contributed by atoms with Crippen LogP contribution in [0, 0.1) is 5.82 Å². The summed E-state index contributed by atoms with van der Waals surface area (Å²) in [5, 5.41) is 6.55. The van der Waals surface area contributed by atoms with Gasteiger partial charge >= 0.3 is 0 Å². The predicted molar refractivity (Wildman–Crippen MR) is 82.6 cm³/mol. The number of hydrogen-bond donors (Lipinski definition) is 2. The molecule has 0 spiro atoms. The Bertz CT molecular complexity index is 765. The number of nitrogens with zero attached hydrogens (tertiary/aromatic N) is 5. The summed E-state index contributed by atoms with van der Waals surface area (Å²) in [5.41, 5.74) is 7.66. The molecule has 3 N–H and O–H groups in total. The van der Waals surface area contributed by atoms with E-state index < -0.39 is 5.82 Å². The molecule has 0 bridgehead atoms. The average Bonchev–Trinajstić information content (AvgIpc) is 2.58. The van der Waals surface area contributed by atoms with Crippen LogP contribution in [-0.2, 0) is 0 Å². The minimum absolute atomic E-state index is 0.168. The van der Waals surface area contributed by atoms with Gasteiger partial charge < -0.3 is 5.73 Å². The maximum atomic E-state index is 13.3. The van der Waals surface area contributed by atoms with Crippen molar-refractivity contribution in [3.8, 4) is 11.4 Å². The van der Waals surface area contributed by atoms with Crippen LogP contribution >= 0.6 is 0 Å². The summed E-state index contributed by atoms with van der Waals surface area (Å²) in [6.07, 6.45) is 6.89. The molecule has 0 unspecified atom stereocenters. The molecule has 7 nitrogen and oxygen atoms in total. The Kier molecular flexibility index (Phi) is 4.86. The lowest BCUT2D eigenvalue weighted by atomic mass is 10.1. The van der Waals surface area contributed by atoms with Crippen LogP contribution in [0.25, 0.3) is 17.0 Å². The van der Waals surface area contributed by atoms with Crippen LogP contribution in [0.4, 0.5) is 10.2 Å². The van der Waals surface area contributed by atoms with Gasteiger partial charge in [-0.3, -0.25) is 15.1 Å². The molecule has 0 aliphatic heterocycles. The molecule has 0 aromatic carbocycles.